The summed E-state index contributed by atoms with van der Waals surface area (Å²) in [7, 11) is 0. The number of halogens is 1. The first-order valence-corrected chi connectivity index (χ1v) is 6.76. The second kappa shape index (κ2) is 4.45. The maximum atomic E-state index is 5.75. The van der Waals surface area contributed by atoms with Crippen molar-refractivity contribution in [3.63, 3.8) is 0 Å². The Morgan fingerprint density at radius 3 is 2.44 bits per heavy atom. The molecule has 1 aliphatic rings. The molecule has 1 aromatic rings. The van der Waals surface area contributed by atoms with Crippen molar-refractivity contribution in [2.75, 3.05) is 0 Å². The molecule has 0 unspecified atom stereocenters. The normalized spacial score (nSPS) is 16.8. The van der Waals surface area contributed by atoms with Crippen LogP contribution in [0.5, 0.6) is 0 Å². The van der Waals surface area contributed by atoms with E-state index in [0.29, 0.717) is 12.6 Å². The molecule has 0 aliphatic heterocycles. The van der Waals surface area contributed by atoms with Gasteiger partial charge in [-0.2, -0.15) is 0 Å². The van der Waals surface area contributed by atoms with E-state index in [1.54, 1.807) is 0 Å². The number of ether oxygens (including phenoxy) is 1. The summed E-state index contributed by atoms with van der Waals surface area (Å²) in [5.74, 6) is 1.96. The molecule has 1 aromatic heterocycles. The molecule has 0 spiro atoms. The Hall–Kier alpha value is -0.420. The van der Waals surface area contributed by atoms with Crippen LogP contribution in [0.2, 0.25) is 0 Å². The highest BCUT2D eigenvalue weighted by atomic mass is 79.9. The summed E-state index contributed by atoms with van der Waals surface area (Å²) in [5, 5.41) is 9.15. The molecule has 1 aliphatic carbocycles. The Labute approximate surface area is 105 Å². The third kappa shape index (κ3) is 2.83. The van der Waals surface area contributed by atoms with Gasteiger partial charge in [0.1, 0.15) is 12.4 Å². The standard InChI is InChI=1S/C11H18BrN3O/c1-11(2,3)16-7-10-14-13-9(6-12)15(10)8-4-5-8/h8H,4-7H2,1-3H3. The Morgan fingerprint density at radius 2 is 1.94 bits per heavy atom. The van der Waals surface area contributed by atoms with Crippen molar-refractivity contribution in [3.05, 3.63) is 11.6 Å². The topological polar surface area (TPSA) is 39.9 Å². The molecular weight excluding hydrogens is 270 g/mol. The maximum absolute atomic E-state index is 5.75. The van der Waals surface area contributed by atoms with Gasteiger partial charge in [-0.1, -0.05) is 15.9 Å². The van der Waals surface area contributed by atoms with Crippen LogP contribution < -0.4 is 0 Å². The number of hydrogen-bond acceptors (Lipinski definition) is 3. The highest BCUT2D eigenvalue weighted by molar-refractivity contribution is 9.08. The van der Waals surface area contributed by atoms with Crippen LogP contribution in [0.1, 0.15) is 51.3 Å². The summed E-state index contributed by atoms with van der Waals surface area (Å²) >= 11 is 3.44. The first-order chi connectivity index (χ1) is 7.51. The third-order valence-corrected chi connectivity index (χ3v) is 3.00. The van der Waals surface area contributed by atoms with Crippen molar-refractivity contribution in [3.8, 4) is 0 Å². The summed E-state index contributed by atoms with van der Waals surface area (Å²) in [6.45, 7) is 6.70. The predicted molar refractivity (Wildman–Crippen MR) is 65.5 cm³/mol. The highest BCUT2D eigenvalue weighted by Gasteiger charge is 2.29. The maximum Gasteiger partial charge on any atom is 0.159 e. The zero-order valence-corrected chi connectivity index (χ0v) is 11.6. The molecule has 0 amide bonds. The molecule has 4 nitrogen and oxygen atoms in total. The molecule has 0 N–H and O–H groups in total. The molecule has 0 saturated heterocycles. The van der Waals surface area contributed by atoms with Crippen LogP contribution in [0.3, 0.4) is 0 Å². The van der Waals surface area contributed by atoms with Crippen LogP contribution >= 0.6 is 15.9 Å². The molecule has 0 atom stereocenters. The van der Waals surface area contributed by atoms with Crippen molar-refractivity contribution >= 4 is 15.9 Å². The van der Waals surface area contributed by atoms with E-state index in [-0.39, 0.29) is 5.60 Å². The van der Waals surface area contributed by atoms with Crippen molar-refractivity contribution in [1.82, 2.24) is 14.8 Å². The van der Waals surface area contributed by atoms with Crippen molar-refractivity contribution in [1.29, 1.82) is 0 Å². The second-order valence-corrected chi connectivity index (χ2v) is 5.73. The van der Waals surface area contributed by atoms with E-state index < -0.39 is 0 Å². The molecule has 0 radical (unpaired) electrons. The molecule has 2 rings (SSSR count). The molecule has 1 fully saturated rings. The Bertz CT molecular complexity index is 366. The SMILES string of the molecule is CC(C)(C)OCc1nnc(CBr)n1C1CC1. The largest absolute Gasteiger partial charge is 0.368 e. The van der Waals surface area contributed by atoms with Gasteiger partial charge in [0, 0.05) is 6.04 Å². The molecule has 1 heterocycles. The Kier molecular flexibility index (Phi) is 3.35. The Morgan fingerprint density at radius 1 is 1.31 bits per heavy atom. The highest BCUT2D eigenvalue weighted by Crippen LogP contribution is 2.37. The van der Waals surface area contributed by atoms with Crippen molar-refractivity contribution in [2.24, 2.45) is 0 Å². The van der Waals surface area contributed by atoms with Gasteiger partial charge in [-0.05, 0) is 33.6 Å². The van der Waals surface area contributed by atoms with E-state index in [4.69, 9.17) is 4.74 Å². The minimum absolute atomic E-state index is 0.130. The van der Waals surface area contributed by atoms with Crippen LogP contribution in [0, 0.1) is 0 Å². The van der Waals surface area contributed by atoms with Crippen molar-refractivity contribution in [2.45, 2.75) is 57.2 Å². The molecule has 0 aromatic carbocycles. The number of hydrogen-bond donors (Lipinski definition) is 0. The van der Waals surface area contributed by atoms with Crippen molar-refractivity contribution < 1.29 is 4.74 Å². The van der Waals surface area contributed by atoms with Gasteiger partial charge in [0.25, 0.3) is 0 Å². The van der Waals surface area contributed by atoms with E-state index >= 15 is 0 Å². The molecule has 1 saturated carbocycles. The Balaban J connectivity index is 2.11. The third-order valence-electron chi connectivity index (χ3n) is 2.50. The monoisotopic (exact) mass is 287 g/mol. The van der Waals surface area contributed by atoms with Gasteiger partial charge in [-0.15, -0.1) is 10.2 Å². The van der Waals surface area contributed by atoms with E-state index in [1.807, 2.05) is 0 Å². The van der Waals surface area contributed by atoms with Gasteiger partial charge in [-0.25, -0.2) is 0 Å². The lowest BCUT2D eigenvalue weighted by molar-refractivity contribution is -0.0194. The van der Waals surface area contributed by atoms with Crippen LogP contribution in [0.4, 0.5) is 0 Å². The summed E-state index contributed by atoms with van der Waals surface area (Å²) in [4.78, 5) is 0. The number of rotatable bonds is 4. The van der Waals surface area contributed by atoms with Gasteiger partial charge >= 0.3 is 0 Å². The van der Waals surface area contributed by atoms with E-state index in [9.17, 15) is 0 Å². The molecule has 0 bridgehead atoms. The van der Waals surface area contributed by atoms with Crippen LogP contribution in [0.15, 0.2) is 0 Å². The summed E-state index contributed by atoms with van der Waals surface area (Å²) in [6, 6.07) is 0.598. The van der Waals surface area contributed by atoms with Gasteiger partial charge < -0.3 is 9.30 Å². The average molecular weight is 288 g/mol. The molecular formula is C11H18BrN3O. The van der Waals surface area contributed by atoms with Crippen LogP contribution in [0.25, 0.3) is 0 Å². The zero-order chi connectivity index (χ0) is 11.8. The minimum Gasteiger partial charge on any atom is -0.368 e. The fourth-order valence-corrected chi connectivity index (χ4v) is 1.97. The predicted octanol–water partition coefficient (Wildman–Crippen LogP) is 2.82. The first-order valence-electron chi connectivity index (χ1n) is 5.64. The fraction of sp³-hybridized carbons (Fsp3) is 0.818. The van der Waals surface area contributed by atoms with Gasteiger partial charge in [-0.3, -0.25) is 0 Å². The van der Waals surface area contributed by atoms with Crippen LogP contribution in [-0.2, 0) is 16.7 Å². The van der Waals surface area contributed by atoms with E-state index in [0.717, 1.165) is 17.0 Å². The summed E-state index contributed by atoms with van der Waals surface area (Å²) < 4.78 is 7.98. The number of aromatic nitrogens is 3. The molecule has 16 heavy (non-hydrogen) atoms. The zero-order valence-electron chi connectivity index (χ0n) is 10.0. The smallest absolute Gasteiger partial charge is 0.159 e. The average Bonchev–Trinajstić information content (AvgIpc) is 2.94. The summed E-state index contributed by atoms with van der Waals surface area (Å²) in [6.07, 6.45) is 2.47. The van der Waals surface area contributed by atoms with E-state index in [1.165, 1.54) is 12.8 Å². The first kappa shape index (κ1) is 12.0. The fourth-order valence-electron chi connectivity index (χ4n) is 1.59. The van der Waals surface area contributed by atoms with Gasteiger partial charge in [0.15, 0.2) is 5.82 Å². The lowest BCUT2D eigenvalue weighted by Crippen LogP contribution is -2.20. The van der Waals surface area contributed by atoms with Crippen LogP contribution in [-0.4, -0.2) is 20.4 Å². The summed E-state index contributed by atoms with van der Waals surface area (Å²) in [5.41, 5.74) is -0.130. The second-order valence-electron chi connectivity index (χ2n) is 5.17. The lowest BCUT2D eigenvalue weighted by Gasteiger charge is -2.19. The minimum atomic E-state index is -0.130. The molecule has 5 heteroatoms. The molecule has 90 valence electrons. The van der Waals surface area contributed by atoms with Gasteiger partial charge in [0.2, 0.25) is 0 Å². The lowest BCUT2D eigenvalue weighted by atomic mass is 10.2. The quantitative estimate of drug-likeness (QED) is 0.800. The number of nitrogens with zero attached hydrogens (tertiary/aromatic N) is 3. The number of alkyl halides is 1. The van der Waals surface area contributed by atoms with E-state index in [2.05, 4.69) is 51.5 Å². The van der Waals surface area contributed by atoms with Gasteiger partial charge in [0.05, 0.1) is 10.9 Å².